The van der Waals surface area contributed by atoms with Gasteiger partial charge in [-0.3, -0.25) is 4.79 Å². The summed E-state index contributed by atoms with van der Waals surface area (Å²) in [4.78, 5) is 17.0. The van der Waals surface area contributed by atoms with Gasteiger partial charge in [0.25, 0.3) is 5.91 Å². The molecule has 27 heavy (non-hydrogen) atoms. The number of carbonyl (C=O) groups excluding carboxylic acids is 1. The maximum absolute atomic E-state index is 12.6. The highest BCUT2D eigenvalue weighted by atomic mass is 79.9. The van der Waals surface area contributed by atoms with E-state index in [0.29, 0.717) is 29.4 Å². The van der Waals surface area contributed by atoms with Gasteiger partial charge in [0.05, 0.1) is 11.8 Å². The number of amides is 1. The highest BCUT2D eigenvalue weighted by Crippen LogP contribution is 2.23. The molecule has 0 aliphatic rings. The highest BCUT2D eigenvalue weighted by Gasteiger charge is 2.15. The quantitative estimate of drug-likeness (QED) is 0.520. The van der Waals surface area contributed by atoms with Gasteiger partial charge in [-0.15, -0.1) is 5.10 Å². The van der Waals surface area contributed by atoms with Crippen molar-refractivity contribution in [2.45, 2.75) is 13.5 Å². The number of nitrogens with two attached hydrogens (primary N) is 1. The van der Waals surface area contributed by atoms with Crippen LogP contribution in [0.2, 0.25) is 0 Å². The molecule has 0 radical (unpaired) electrons. The van der Waals surface area contributed by atoms with Gasteiger partial charge < -0.3 is 15.5 Å². The van der Waals surface area contributed by atoms with E-state index in [1.54, 1.807) is 24.5 Å². The predicted octanol–water partition coefficient (Wildman–Crippen LogP) is 3.57. The Balaban J connectivity index is 1.61. The number of carbonyl (C=O) groups is 1. The fraction of sp³-hybridized carbons (Fsp3) is 0.105. The Bertz CT molecular complexity index is 1150. The van der Waals surface area contributed by atoms with Gasteiger partial charge in [-0.1, -0.05) is 34.1 Å². The van der Waals surface area contributed by atoms with Crippen molar-refractivity contribution in [1.82, 2.24) is 19.9 Å². The van der Waals surface area contributed by atoms with Crippen LogP contribution in [-0.2, 0) is 6.54 Å². The highest BCUT2D eigenvalue weighted by molar-refractivity contribution is 9.10. The van der Waals surface area contributed by atoms with Crippen molar-refractivity contribution in [1.29, 1.82) is 0 Å². The summed E-state index contributed by atoms with van der Waals surface area (Å²) in [6.07, 6.45) is 1.58. The van der Waals surface area contributed by atoms with Crippen molar-refractivity contribution >= 4 is 33.3 Å². The summed E-state index contributed by atoms with van der Waals surface area (Å²) in [7, 11) is 0. The first-order valence-corrected chi connectivity index (χ1v) is 9.04. The third-order valence-electron chi connectivity index (χ3n) is 4.22. The van der Waals surface area contributed by atoms with Crippen LogP contribution in [0.1, 0.15) is 21.7 Å². The van der Waals surface area contributed by atoms with Crippen molar-refractivity contribution in [3.8, 4) is 11.4 Å². The molecular weight excluding hydrogens is 410 g/mol. The average Bonchev–Trinajstić information content (AvgIpc) is 3.26. The number of aromatic nitrogens is 3. The number of nitrogen functional groups attached to an aromatic ring is 1. The minimum atomic E-state index is -0.232. The van der Waals surface area contributed by atoms with Crippen molar-refractivity contribution in [3.63, 3.8) is 0 Å². The number of nitrogens with one attached hydrogen (secondary N) is 1. The molecule has 3 N–H and O–H groups in total. The van der Waals surface area contributed by atoms with Gasteiger partial charge in [0.2, 0.25) is 0 Å². The third-order valence-corrected chi connectivity index (χ3v) is 5.00. The second-order valence-corrected chi connectivity index (χ2v) is 6.89. The molecule has 136 valence electrons. The summed E-state index contributed by atoms with van der Waals surface area (Å²) >= 11 is 3.47. The zero-order valence-electron chi connectivity index (χ0n) is 14.4. The van der Waals surface area contributed by atoms with Crippen molar-refractivity contribution < 1.29 is 9.21 Å². The summed E-state index contributed by atoms with van der Waals surface area (Å²) in [6.45, 7) is 2.24. The Labute approximate surface area is 163 Å². The molecule has 0 aliphatic carbocycles. The van der Waals surface area contributed by atoms with Crippen LogP contribution in [0.5, 0.6) is 0 Å². The van der Waals surface area contributed by atoms with Gasteiger partial charge in [0.1, 0.15) is 11.6 Å². The van der Waals surface area contributed by atoms with E-state index >= 15 is 0 Å². The second-order valence-electron chi connectivity index (χ2n) is 6.04. The molecule has 4 rings (SSSR count). The number of rotatable bonds is 4. The molecular formula is C19H16BrN5O2. The molecule has 0 bridgehead atoms. The summed E-state index contributed by atoms with van der Waals surface area (Å²) in [6, 6.07) is 12.8. The Hall–Kier alpha value is -3.13. The molecule has 3 aromatic heterocycles. The summed E-state index contributed by atoms with van der Waals surface area (Å²) < 4.78 is 7.75. The third kappa shape index (κ3) is 3.31. The van der Waals surface area contributed by atoms with Crippen LogP contribution < -0.4 is 11.1 Å². The van der Waals surface area contributed by atoms with Crippen molar-refractivity contribution in [2.24, 2.45) is 0 Å². The summed E-state index contributed by atoms with van der Waals surface area (Å²) in [5.41, 5.74) is 8.78. The van der Waals surface area contributed by atoms with Crippen LogP contribution in [0.3, 0.4) is 0 Å². The number of hydrogen-bond donors (Lipinski definition) is 2. The summed E-state index contributed by atoms with van der Waals surface area (Å²) in [5.74, 6) is 1.32. The Morgan fingerprint density at radius 3 is 2.85 bits per heavy atom. The fourth-order valence-electron chi connectivity index (χ4n) is 2.79. The lowest BCUT2D eigenvalue weighted by atomic mass is 10.2. The zero-order valence-corrected chi connectivity index (χ0v) is 16.0. The van der Waals surface area contributed by atoms with E-state index < -0.39 is 0 Å². The van der Waals surface area contributed by atoms with Crippen LogP contribution in [0.25, 0.3) is 17.0 Å². The first kappa shape index (κ1) is 17.3. The fourth-order valence-corrected chi connectivity index (χ4v) is 3.22. The molecule has 0 saturated carbocycles. The number of benzene rings is 1. The van der Waals surface area contributed by atoms with Crippen molar-refractivity contribution in [2.75, 3.05) is 5.73 Å². The van der Waals surface area contributed by atoms with Gasteiger partial charge in [-0.25, -0.2) is 4.98 Å². The van der Waals surface area contributed by atoms with Gasteiger partial charge in [0.15, 0.2) is 11.5 Å². The Morgan fingerprint density at radius 1 is 1.30 bits per heavy atom. The lowest BCUT2D eigenvalue weighted by Gasteiger charge is -2.08. The molecule has 3 heterocycles. The molecule has 0 spiro atoms. The molecule has 4 aromatic rings. The zero-order chi connectivity index (χ0) is 19.0. The second kappa shape index (κ2) is 6.88. The predicted molar refractivity (Wildman–Crippen MR) is 105 cm³/mol. The number of fused-ring (bicyclic) bond motifs is 1. The topological polar surface area (TPSA) is 98.5 Å². The first-order valence-electron chi connectivity index (χ1n) is 8.25. The normalized spacial score (nSPS) is 11.0. The standard InChI is InChI=1S/C19H16BrN5O2/c1-11-14(6-7-27-11)18-23-17-9-13(8-16(21)25(17)24-18)19(26)22-10-12-4-2-3-5-15(12)20/h2-9H,10,21H2,1H3,(H,22,26). The molecule has 1 amide bonds. The van der Waals surface area contributed by atoms with E-state index in [1.807, 2.05) is 31.2 Å². The smallest absolute Gasteiger partial charge is 0.251 e. The number of hydrogen-bond acceptors (Lipinski definition) is 5. The number of aryl methyl sites for hydroxylation is 1. The van der Waals surface area contributed by atoms with Gasteiger partial charge in [-0.05, 0) is 36.8 Å². The lowest BCUT2D eigenvalue weighted by molar-refractivity contribution is 0.0951. The van der Waals surface area contributed by atoms with Crippen LogP contribution in [-0.4, -0.2) is 20.5 Å². The Morgan fingerprint density at radius 2 is 2.11 bits per heavy atom. The largest absolute Gasteiger partial charge is 0.469 e. The Kier molecular flexibility index (Phi) is 4.41. The molecule has 7 nitrogen and oxygen atoms in total. The minimum Gasteiger partial charge on any atom is -0.469 e. The molecule has 0 unspecified atom stereocenters. The number of halogens is 1. The summed E-state index contributed by atoms with van der Waals surface area (Å²) in [5, 5.41) is 7.30. The van der Waals surface area contributed by atoms with Gasteiger partial charge in [-0.2, -0.15) is 4.52 Å². The maximum atomic E-state index is 12.6. The van der Waals surface area contributed by atoms with Crippen LogP contribution >= 0.6 is 15.9 Å². The maximum Gasteiger partial charge on any atom is 0.251 e. The lowest BCUT2D eigenvalue weighted by Crippen LogP contribution is -2.23. The minimum absolute atomic E-state index is 0.232. The van der Waals surface area contributed by atoms with Crippen LogP contribution in [0.15, 0.2) is 57.6 Å². The molecule has 1 aromatic carbocycles. The van der Waals surface area contributed by atoms with Crippen LogP contribution in [0.4, 0.5) is 5.82 Å². The van der Waals surface area contributed by atoms with Crippen LogP contribution in [0, 0.1) is 6.92 Å². The van der Waals surface area contributed by atoms with E-state index in [9.17, 15) is 4.79 Å². The van der Waals surface area contributed by atoms with Crippen molar-refractivity contribution in [3.05, 3.63) is 70.1 Å². The van der Waals surface area contributed by atoms with Gasteiger partial charge in [0, 0.05) is 16.6 Å². The monoisotopic (exact) mass is 425 g/mol. The number of nitrogens with zero attached hydrogens (tertiary/aromatic N) is 3. The van der Waals surface area contributed by atoms with E-state index in [0.717, 1.165) is 21.4 Å². The van der Waals surface area contributed by atoms with E-state index in [-0.39, 0.29) is 5.91 Å². The molecule has 0 atom stereocenters. The molecule has 8 heteroatoms. The van der Waals surface area contributed by atoms with E-state index in [2.05, 4.69) is 31.3 Å². The average molecular weight is 426 g/mol. The van der Waals surface area contributed by atoms with Gasteiger partial charge >= 0.3 is 0 Å². The number of furan rings is 1. The molecule has 0 saturated heterocycles. The first-order chi connectivity index (χ1) is 13.0. The van der Waals surface area contributed by atoms with E-state index in [4.69, 9.17) is 10.2 Å². The molecule has 0 fully saturated rings. The number of anilines is 1. The SMILES string of the molecule is Cc1occc1-c1nc2cc(C(=O)NCc3ccccc3Br)cc(N)n2n1. The number of pyridine rings is 1. The molecule has 0 aliphatic heterocycles. The van der Waals surface area contributed by atoms with E-state index in [1.165, 1.54) is 4.52 Å².